The van der Waals surface area contributed by atoms with Gasteiger partial charge in [-0.3, -0.25) is 0 Å². The molecule has 2 aromatic heterocycles. The summed E-state index contributed by atoms with van der Waals surface area (Å²) >= 11 is 1.52. The van der Waals surface area contributed by atoms with Crippen LogP contribution in [0.3, 0.4) is 0 Å². The van der Waals surface area contributed by atoms with E-state index < -0.39 is 0 Å². The number of nitrogens with one attached hydrogen (secondary N) is 2. The molecule has 0 radical (unpaired) electrons. The third-order valence-electron chi connectivity index (χ3n) is 4.32. The van der Waals surface area contributed by atoms with Crippen LogP contribution in [0.15, 0.2) is 23.6 Å². The molecule has 10 heteroatoms. The van der Waals surface area contributed by atoms with Gasteiger partial charge in [-0.05, 0) is 19.9 Å². The number of hydrogen-bond acceptors (Lipinski definition) is 7. The zero-order valence-electron chi connectivity index (χ0n) is 17.6. The van der Waals surface area contributed by atoms with E-state index in [-0.39, 0.29) is 6.03 Å². The van der Waals surface area contributed by atoms with Crippen LogP contribution in [0, 0.1) is 13.8 Å². The molecule has 0 bridgehead atoms. The lowest BCUT2D eigenvalue weighted by Crippen LogP contribution is -2.30. The van der Waals surface area contributed by atoms with Crippen LogP contribution < -0.4 is 24.8 Å². The van der Waals surface area contributed by atoms with Gasteiger partial charge in [0.15, 0.2) is 11.5 Å². The first-order chi connectivity index (χ1) is 14.4. The Morgan fingerprint density at radius 3 is 2.37 bits per heavy atom. The van der Waals surface area contributed by atoms with Crippen LogP contribution in [0.2, 0.25) is 0 Å². The Morgan fingerprint density at radius 1 is 1.10 bits per heavy atom. The summed E-state index contributed by atoms with van der Waals surface area (Å²) in [6, 6.07) is 5.01. The Hall–Kier alpha value is -3.27. The number of thiazole rings is 1. The van der Waals surface area contributed by atoms with E-state index in [2.05, 4.69) is 20.7 Å². The van der Waals surface area contributed by atoms with Gasteiger partial charge in [-0.25, -0.2) is 14.5 Å². The highest BCUT2D eigenvalue weighted by Gasteiger charge is 2.14. The predicted molar refractivity (Wildman–Crippen MR) is 116 cm³/mol. The van der Waals surface area contributed by atoms with Crippen molar-refractivity contribution >= 4 is 23.1 Å². The maximum atomic E-state index is 12.3. The number of urea groups is 1. The fraction of sp³-hybridized carbons (Fsp3) is 0.350. The van der Waals surface area contributed by atoms with Crippen molar-refractivity contribution in [2.75, 3.05) is 33.2 Å². The van der Waals surface area contributed by atoms with E-state index in [1.807, 2.05) is 30.0 Å². The molecule has 0 spiro atoms. The van der Waals surface area contributed by atoms with E-state index in [1.54, 1.807) is 12.1 Å². The largest absolute Gasteiger partial charge is 0.493 e. The summed E-state index contributed by atoms with van der Waals surface area (Å²) in [6.45, 7) is 4.39. The molecule has 9 nitrogen and oxygen atoms in total. The minimum absolute atomic E-state index is 0.335. The Kier molecular flexibility index (Phi) is 6.78. The maximum Gasteiger partial charge on any atom is 0.319 e. The number of nitrogens with zero attached hydrogens (tertiary/aromatic N) is 3. The topological polar surface area (TPSA) is 99.5 Å². The lowest BCUT2D eigenvalue weighted by molar-refractivity contribution is 0.252. The van der Waals surface area contributed by atoms with Crippen LogP contribution in [0.25, 0.3) is 5.13 Å². The first kappa shape index (κ1) is 21.4. The summed E-state index contributed by atoms with van der Waals surface area (Å²) in [5.41, 5.74) is 3.42. The molecule has 0 aliphatic heterocycles. The van der Waals surface area contributed by atoms with Gasteiger partial charge in [-0.2, -0.15) is 5.10 Å². The Morgan fingerprint density at radius 2 is 1.80 bits per heavy atom. The molecule has 0 fully saturated rings. The third-order valence-corrected chi connectivity index (χ3v) is 5.18. The van der Waals surface area contributed by atoms with Gasteiger partial charge >= 0.3 is 6.03 Å². The molecule has 2 N–H and O–H groups in total. The first-order valence-corrected chi connectivity index (χ1v) is 10.2. The fourth-order valence-electron chi connectivity index (χ4n) is 2.96. The highest BCUT2D eigenvalue weighted by atomic mass is 32.1. The van der Waals surface area contributed by atoms with Crippen LogP contribution >= 0.6 is 11.3 Å². The summed E-state index contributed by atoms with van der Waals surface area (Å²) in [6.07, 6.45) is 0.610. The molecule has 0 saturated carbocycles. The van der Waals surface area contributed by atoms with Crippen molar-refractivity contribution in [2.45, 2.75) is 20.3 Å². The molecule has 160 valence electrons. The number of carbonyl (C=O) groups excluding carboxylic acids is 1. The van der Waals surface area contributed by atoms with Gasteiger partial charge in [0.1, 0.15) is 0 Å². The van der Waals surface area contributed by atoms with Crippen molar-refractivity contribution in [3.05, 3.63) is 40.7 Å². The molecule has 30 heavy (non-hydrogen) atoms. The highest BCUT2D eigenvalue weighted by molar-refractivity contribution is 7.12. The number of methoxy groups -OCH3 is 3. The van der Waals surface area contributed by atoms with Crippen LogP contribution in [0.5, 0.6) is 17.2 Å². The maximum absolute atomic E-state index is 12.3. The Bertz CT molecular complexity index is 1010. The second-order valence-electron chi connectivity index (χ2n) is 6.51. The number of benzene rings is 1. The third kappa shape index (κ3) is 4.82. The highest BCUT2D eigenvalue weighted by Crippen LogP contribution is 2.39. The number of hydrogen-bond donors (Lipinski definition) is 2. The van der Waals surface area contributed by atoms with Crippen molar-refractivity contribution < 1.29 is 19.0 Å². The molecule has 3 aromatic rings. The van der Waals surface area contributed by atoms with Gasteiger partial charge in [0, 0.05) is 36.2 Å². The minimum Gasteiger partial charge on any atom is -0.493 e. The molecule has 0 atom stereocenters. The molecule has 0 aliphatic carbocycles. The molecule has 0 saturated heterocycles. The number of carbonyl (C=O) groups is 1. The van der Waals surface area contributed by atoms with Crippen LogP contribution in [-0.2, 0) is 6.42 Å². The van der Waals surface area contributed by atoms with E-state index in [9.17, 15) is 4.79 Å². The van der Waals surface area contributed by atoms with E-state index in [4.69, 9.17) is 14.2 Å². The van der Waals surface area contributed by atoms with E-state index in [0.717, 1.165) is 22.2 Å². The van der Waals surface area contributed by atoms with Crippen LogP contribution in [-0.4, -0.2) is 48.7 Å². The first-order valence-electron chi connectivity index (χ1n) is 9.28. The van der Waals surface area contributed by atoms with Crippen molar-refractivity contribution in [1.29, 1.82) is 0 Å². The van der Waals surface area contributed by atoms with Gasteiger partial charge in [-0.15, -0.1) is 11.3 Å². The van der Waals surface area contributed by atoms with Gasteiger partial charge in [0.2, 0.25) is 10.9 Å². The standard InChI is InChI=1S/C20H25N5O4S/c1-12-8-13(2)25(24-12)20-23-14(11-30-20)6-7-21-19(26)22-15-9-16(27-3)18(29-5)17(10-15)28-4/h8-11H,6-7H2,1-5H3,(H2,21,22,26). The Labute approximate surface area is 179 Å². The predicted octanol–water partition coefficient (Wildman–Crippen LogP) is 3.34. The van der Waals surface area contributed by atoms with Crippen LogP contribution in [0.1, 0.15) is 17.1 Å². The molecule has 1 aromatic carbocycles. The number of aryl methyl sites for hydroxylation is 2. The quantitative estimate of drug-likeness (QED) is 0.568. The minimum atomic E-state index is -0.335. The molecular formula is C20H25N5O4S. The van der Waals surface area contributed by atoms with Gasteiger partial charge < -0.3 is 24.8 Å². The van der Waals surface area contributed by atoms with Gasteiger partial charge in [0.05, 0.1) is 38.4 Å². The van der Waals surface area contributed by atoms with Crippen LogP contribution in [0.4, 0.5) is 10.5 Å². The second-order valence-corrected chi connectivity index (χ2v) is 7.34. The average molecular weight is 432 g/mol. The normalized spacial score (nSPS) is 10.6. The van der Waals surface area contributed by atoms with Crippen molar-refractivity contribution in [1.82, 2.24) is 20.1 Å². The molecular weight excluding hydrogens is 406 g/mol. The fourth-order valence-corrected chi connectivity index (χ4v) is 3.83. The number of ether oxygens (including phenoxy) is 3. The van der Waals surface area contributed by atoms with Crippen molar-refractivity contribution in [3.8, 4) is 22.4 Å². The van der Waals surface area contributed by atoms with E-state index in [1.165, 1.54) is 32.7 Å². The van der Waals surface area contributed by atoms with Gasteiger partial charge in [0.25, 0.3) is 0 Å². The molecule has 2 heterocycles. The SMILES string of the molecule is COc1cc(NC(=O)NCCc2csc(-n3nc(C)cc3C)n2)cc(OC)c1OC. The summed E-state index contributed by atoms with van der Waals surface area (Å²) in [5.74, 6) is 1.39. The number of anilines is 1. The number of aromatic nitrogens is 3. The number of amides is 2. The molecule has 0 unspecified atom stereocenters. The van der Waals surface area contributed by atoms with Gasteiger partial charge in [-0.1, -0.05) is 0 Å². The lowest BCUT2D eigenvalue weighted by Gasteiger charge is -2.14. The summed E-state index contributed by atoms with van der Waals surface area (Å²) in [7, 11) is 4.57. The number of rotatable bonds is 8. The smallest absolute Gasteiger partial charge is 0.319 e. The molecule has 0 aliphatic rings. The zero-order chi connectivity index (χ0) is 21.7. The summed E-state index contributed by atoms with van der Waals surface area (Å²) < 4.78 is 17.7. The second kappa shape index (κ2) is 9.49. The molecule has 2 amide bonds. The lowest BCUT2D eigenvalue weighted by atomic mass is 10.2. The van der Waals surface area contributed by atoms with Crippen molar-refractivity contribution in [2.24, 2.45) is 0 Å². The zero-order valence-corrected chi connectivity index (χ0v) is 18.4. The van der Waals surface area contributed by atoms with Crippen molar-refractivity contribution in [3.63, 3.8) is 0 Å². The Balaban J connectivity index is 1.56. The summed E-state index contributed by atoms with van der Waals surface area (Å²) in [5, 5.41) is 12.8. The molecule has 3 rings (SSSR count). The van der Waals surface area contributed by atoms with E-state index >= 15 is 0 Å². The summed E-state index contributed by atoms with van der Waals surface area (Å²) in [4.78, 5) is 16.9. The van der Waals surface area contributed by atoms with E-state index in [0.29, 0.717) is 35.9 Å². The average Bonchev–Trinajstić information content (AvgIpc) is 3.32. The monoisotopic (exact) mass is 431 g/mol.